The second-order valence-corrected chi connectivity index (χ2v) is 3.86. The lowest BCUT2D eigenvalue weighted by Gasteiger charge is -1.90. The van der Waals surface area contributed by atoms with Crippen LogP contribution in [0.3, 0.4) is 0 Å². The van der Waals surface area contributed by atoms with E-state index < -0.39 is 0 Å². The second-order valence-electron chi connectivity index (χ2n) is 2.19. The van der Waals surface area contributed by atoms with Gasteiger partial charge in [-0.15, -0.1) is 0 Å². The second kappa shape index (κ2) is 2.60. The number of nitrogens with one attached hydrogen (secondary N) is 1. The highest BCUT2D eigenvalue weighted by molar-refractivity contribution is 9.11. The Kier molecular flexibility index (Phi) is 1.73. The quantitative estimate of drug-likeness (QED) is 0.736. The number of halogens is 2. The van der Waals surface area contributed by atoms with Crippen molar-refractivity contribution in [2.24, 2.45) is 0 Å². The predicted molar refractivity (Wildman–Crippen MR) is 51.5 cm³/mol. The third-order valence-electron chi connectivity index (χ3n) is 1.48. The van der Waals surface area contributed by atoms with Gasteiger partial charge in [0.05, 0.1) is 11.7 Å². The fraction of sp³-hybridized carbons (Fsp3) is 0. The van der Waals surface area contributed by atoms with Crippen LogP contribution >= 0.6 is 31.9 Å². The summed E-state index contributed by atoms with van der Waals surface area (Å²) in [5.41, 5.74) is 1.04. The van der Waals surface area contributed by atoms with Crippen molar-refractivity contribution in [1.82, 2.24) is 9.97 Å². The fourth-order valence-electron chi connectivity index (χ4n) is 0.961. The van der Waals surface area contributed by atoms with Gasteiger partial charge in [0, 0.05) is 16.1 Å². The molecule has 0 fully saturated rings. The van der Waals surface area contributed by atoms with E-state index in [2.05, 4.69) is 41.8 Å². The van der Waals surface area contributed by atoms with Crippen LogP contribution in [-0.2, 0) is 0 Å². The SMILES string of the molecule is Brc1cc2c(Br)c[nH]c2cn1. The highest BCUT2D eigenvalue weighted by Gasteiger charge is 2.00. The van der Waals surface area contributed by atoms with Crippen LogP contribution in [0.5, 0.6) is 0 Å². The lowest BCUT2D eigenvalue weighted by Crippen LogP contribution is -1.73. The van der Waals surface area contributed by atoms with Gasteiger partial charge in [-0.3, -0.25) is 0 Å². The van der Waals surface area contributed by atoms with E-state index in [1.807, 2.05) is 12.3 Å². The standard InChI is InChI=1S/C7H4Br2N2/c8-5-2-10-6-3-11-7(9)1-4(5)6/h1-3,10H. The van der Waals surface area contributed by atoms with Crippen LogP contribution < -0.4 is 0 Å². The minimum Gasteiger partial charge on any atom is -0.359 e. The first-order chi connectivity index (χ1) is 5.27. The molecule has 0 saturated heterocycles. The molecular formula is C7H4Br2N2. The summed E-state index contributed by atoms with van der Waals surface area (Å²) in [6, 6.07) is 1.97. The van der Waals surface area contributed by atoms with E-state index in [1.54, 1.807) is 6.20 Å². The molecule has 0 aliphatic carbocycles. The Morgan fingerprint density at radius 2 is 2.18 bits per heavy atom. The number of H-pyrrole nitrogens is 1. The number of aromatic nitrogens is 2. The van der Waals surface area contributed by atoms with Gasteiger partial charge < -0.3 is 4.98 Å². The summed E-state index contributed by atoms with van der Waals surface area (Å²) in [5, 5.41) is 1.15. The molecule has 2 nitrogen and oxygen atoms in total. The van der Waals surface area contributed by atoms with Gasteiger partial charge in [0.2, 0.25) is 0 Å². The monoisotopic (exact) mass is 274 g/mol. The van der Waals surface area contributed by atoms with Crippen LogP contribution in [0.4, 0.5) is 0 Å². The summed E-state index contributed by atoms with van der Waals surface area (Å²) in [6.07, 6.45) is 3.70. The molecule has 0 bridgehead atoms. The normalized spacial score (nSPS) is 10.7. The maximum atomic E-state index is 4.09. The van der Waals surface area contributed by atoms with E-state index in [9.17, 15) is 0 Å². The summed E-state index contributed by atoms with van der Waals surface area (Å²) in [5.74, 6) is 0. The van der Waals surface area contributed by atoms with Crippen LogP contribution in [0.15, 0.2) is 27.5 Å². The molecular weight excluding hydrogens is 272 g/mol. The van der Waals surface area contributed by atoms with E-state index in [4.69, 9.17) is 0 Å². The smallest absolute Gasteiger partial charge is 0.106 e. The molecule has 0 unspecified atom stereocenters. The van der Waals surface area contributed by atoms with Crippen molar-refractivity contribution in [3.63, 3.8) is 0 Å². The maximum Gasteiger partial charge on any atom is 0.106 e. The topological polar surface area (TPSA) is 28.7 Å². The Morgan fingerprint density at radius 1 is 1.36 bits per heavy atom. The molecule has 2 aromatic rings. The number of pyridine rings is 1. The number of rotatable bonds is 0. The predicted octanol–water partition coefficient (Wildman–Crippen LogP) is 3.09. The van der Waals surface area contributed by atoms with Gasteiger partial charge in [0.1, 0.15) is 4.60 Å². The molecule has 56 valence electrons. The minimum absolute atomic E-state index is 0.852. The average Bonchev–Trinajstić information content (AvgIpc) is 2.33. The molecule has 1 N–H and O–H groups in total. The van der Waals surface area contributed by atoms with Crippen molar-refractivity contribution in [1.29, 1.82) is 0 Å². The molecule has 2 heterocycles. The van der Waals surface area contributed by atoms with Crippen LogP contribution in [0.1, 0.15) is 0 Å². The molecule has 0 saturated carbocycles. The maximum absolute atomic E-state index is 4.09. The van der Waals surface area contributed by atoms with Gasteiger partial charge in [-0.05, 0) is 37.9 Å². The van der Waals surface area contributed by atoms with Gasteiger partial charge in [0.25, 0.3) is 0 Å². The Labute approximate surface area is 80.3 Å². The summed E-state index contributed by atoms with van der Waals surface area (Å²) < 4.78 is 1.92. The Hall–Kier alpha value is -0.350. The highest BCUT2D eigenvalue weighted by atomic mass is 79.9. The van der Waals surface area contributed by atoms with Gasteiger partial charge >= 0.3 is 0 Å². The summed E-state index contributed by atoms with van der Waals surface area (Å²) >= 11 is 6.73. The van der Waals surface area contributed by atoms with Crippen molar-refractivity contribution >= 4 is 42.8 Å². The van der Waals surface area contributed by atoms with Crippen LogP contribution in [0.25, 0.3) is 10.9 Å². The van der Waals surface area contributed by atoms with Crippen molar-refractivity contribution < 1.29 is 0 Å². The number of nitrogens with zero attached hydrogens (tertiary/aromatic N) is 1. The molecule has 0 amide bonds. The molecule has 2 aromatic heterocycles. The fourth-order valence-corrected chi connectivity index (χ4v) is 1.74. The zero-order chi connectivity index (χ0) is 7.84. The van der Waals surface area contributed by atoms with Crippen molar-refractivity contribution in [2.45, 2.75) is 0 Å². The number of hydrogen-bond donors (Lipinski definition) is 1. The molecule has 4 heteroatoms. The first-order valence-electron chi connectivity index (χ1n) is 3.05. The molecule has 11 heavy (non-hydrogen) atoms. The van der Waals surface area contributed by atoms with E-state index in [0.717, 1.165) is 20.0 Å². The third-order valence-corrected chi connectivity index (χ3v) is 2.57. The number of aromatic amines is 1. The lowest BCUT2D eigenvalue weighted by molar-refractivity contribution is 1.29. The lowest BCUT2D eigenvalue weighted by atomic mass is 10.3. The third kappa shape index (κ3) is 1.20. The Morgan fingerprint density at radius 3 is 3.00 bits per heavy atom. The van der Waals surface area contributed by atoms with E-state index in [1.165, 1.54) is 0 Å². The minimum atomic E-state index is 0.852. The molecule has 0 aliphatic rings. The van der Waals surface area contributed by atoms with Crippen LogP contribution in [0.2, 0.25) is 0 Å². The first kappa shape index (κ1) is 7.31. The summed E-state index contributed by atoms with van der Waals surface area (Å²) in [7, 11) is 0. The Bertz CT molecular complexity index is 394. The van der Waals surface area contributed by atoms with Gasteiger partial charge in [-0.2, -0.15) is 0 Å². The summed E-state index contributed by atoms with van der Waals surface area (Å²) in [6.45, 7) is 0. The first-order valence-corrected chi connectivity index (χ1v) is 4.64. The number of fused-ring (bicyclic) bond motifs is 1. The van der Waals surface area contributed by atoms with Crippen molar-refractivity contribution in [3.8, 4) is 0 Å². The number of hydrogen-bond acceptors (Lipinski definition) is 1. The van der Waals surface area contributed by atoms with E-state index in [0.29, 0.717) is 0 Å². The van der Waals surface area contributed by atoms with Gasteiger partial charge in [-0.1, -0.05) is 0 Å². The zero-order valence-electron chi connectivity index (χ0n) is 5.44. The molecule has 0 atom stereocenters. The van der Waals surface area contributed by atoms with Crippen molar-refractivity contribution in [3.05, 3.63) is 27.5 Å². The Balaban J connectivity index is 2.87. The molecule has 0 spiro atoms. The molecule has 0 aliphatic heterocycles. The van der Waals surface area contributed by atoms with Gasteiger partial charge in [0.15, 0.2) is 0 Å². The molecule has 0 radical (unpaired) electrons. The highest BCUT2D eigenvalue weighted by Crippen LogP contribution is 2.24. The van der Waals surface area contributed by atoms with Crippen molar-refractivity contribution in [2.75, 3.05) is 0 Å². The molecule has 2 rings (SSSR count). The zero-order valence-corrected chi connectivity index (χ0v) is 8.61. The largest absolute Gasteiger partial charge is 0.359 e. The van der Waals surface area contributed by atoms with Crippen LogP contribution in [0, 0.1) is 0 Å². The molecule has 0 aromatic carbocycles. The van der Waals surface area contributed by atoms with E-state index in [-0.39, 0.29) is 0 Å². The average molecular weight is 276 g/mol. The van der Waals surface area contributed by atoms with Crippen LogP contribution in [-0.4, -0.2) is 9.97 Å². The summed E-state index contributed by atoms with van der Waals surface area (Å²) in [4.78, 5) is 7.17. The van der Waals surface area contributed by atoms with Gasteiger partial charge in [-0.25, -0.2) is 4.98 Å². The van der Waals surface area contributed by atoms with E-state index >= 15 is 0 Å².